The molecule has 1 heterocycles. The van der Waals surface area contributed by atoms with Crippen LogP contribution in [0, 0.1) is 5.92 Å². The number of aryl methyl sites for hydroxylation is 1. The van der Waals surface area contributed by atoms with Gasteiger partial charge in [-0.15, -0.1) is 0 Å². The Hall–Kier alpha value is -0.880. The zero-order valence-electron chi connectivity index (χ0n) is 9.60. The number of rotatable bonds is 5. The second-order valence-corrected chi connectivity index (χ2v) is 6.29. The van der Waals surface area contributed by atoms with Crippen LogP contribution >= 0.6 is 0 Å². The molecule has 0 radical (unpaired) electrons. The Labute approximate surface area is 95.9 Å². The average molecular weight is 243 g/mol. The predicted molar refractivity (Wildman–Crippen MR) is 60.5 cm³/mol. The van der Waals surface area contributed by atoms with E-state index in [1.165, 1.54) is 10.5 Å². The summed E-state index contributed by atoms with van der Waals surface area (Å²) in [5.74, 6) is 1.26. The van der Waals surface area contributed by atoms with E-state index in [2.05, 4.69) is 9.97 Å². The molecule has 0 atom stereocenters. The van der Waals surface area contributed by atoms with Gasteiger partial charge in [0.15, 0.2) is 5.03 Å². The van der Waals surface area contributed by atoms with Crippen LogP contribution in [0.1, 0.15) is 25.6 Å². The first kappa shape index (κ1) is 11.6. The van der Waals surface area contributed by atoms with Crippen molar-refractivity contribution >= 4 is 10.0 Å². The molecule has 0 spiro atoms. The Bertz CT molecular complexity index is 462. The van der Waals surface area contributed by atoms with E-state index in [0.29, 0.717) is 24.7 Å². The number of sulfonamides is 1. The summed E-state index contributed by atoms with van der Waals surface area (Å²) in [6, 6.07) is 0. The number of hydrogen-bond acceptors (Lipinski definition) is 3. The molecule has 0 bridgehead atoms. The van der Waals surface area contributed by atoms with Gasteiger partial charge in [-0.1, -0.05) is 6.92 Å². The third kappa shape index (κ3) is 2.27. The number of H-pyrrole nitrogens is 1. The van der Waals surface area contributed by atoms with E-state index in [0.717, 1.165) is 12.8 Å². The zero-order valence-corrected chi connectivity index (χ0v) is 10.4. The van der Waals surface area contributed by atoms with Gasteiger partial charge in [0, 0.05) is 20.0 Å². The van der Waals surface area contributed by atoms with Crippen LogP contribution in [0.25, 0.3) is 0 Å². The summed E-state index contributed by atoms with van der Waals surface area (Å²) in [7, 11) is -1.74. The van der Waals surface area contributed by atoms with Gasteiger partial charge in [-0.05, 0) is 18.8 Å². The Morgan fingerprint density at radius 2 is 2.25 bits per heavy atom. The molecule has 90 valence electrons. The van der Waals surface area contributed by atoms with Gasteiger partial charge >= 0.3 is 0 Å². The number of aromatic nitrogens is 2. The summed E-state index contributed by atoms with van der Waals surface area (Å²) in [4.78, 5) is 6.85. The Morgan fingerprint density at radius 3 is 2.75 bits per heavy atom. The fourth-order valence-corrected chi connectivity index (χ4v) is 2.76. The van der Waals surface area contributed by atoms with Crippen LogP contribution < -0.4 is 0 Å². The van der Waals surface area contributed by atoms with Crippen LogP contribution in [0.4, 0.5) is 0 Å². The van der Waals surface area contributed by atoms with Gasteiger partial charge in [0.25, 0.3) is 10.0 Å². The van der Waals surface area contributed by atoms with Crippen molar-refractivity contribution in [3.8, 4) is 0 Å². The molecule has 0 amide bonds. The molecular formula is C10H17N3O2S. The highest BCUT2D eigenvalue weighted by molar-refractivity contribution is 7.89. The van der Waals surface area contributed by atoms with Crippen LogP contribution in [0.15, 0.2) is 11.2 Å². The van der Waals surface area contributed by atoms with Crippen LogP contribution in [0.2, 0.25) is 0 Å². The molecule has 5 nitrogen and oxygen atoms in total. The standard InChI is InChI=1S/C10H17N3O2S/c1-3-9-11-6-10(12-9)16(14,15)13(2)7-8-4-5-8/h6,8H,3-5,7H2,1-2H3,(H,11,12). The quantitative estimate of drug-likeness (QED) is 0.839. The lowest BCUT2D eigenvalue weighted by atomic mass is 10.4. The summed E-state index contributed by atoms with van der Waals surface area (Å²) in [6.07, 6.45) is 4.39. The molecule has 1 aliphatic carbocycles. The van der Waals surface area contributed by atoms with Gasteiger partial charge in [-0.2, -0.15) is 4.31 Å². The van der Waals surface area contributed by atoms with E-state index in [9.17, 15) is 8.42 Å². The lowest BCUT2D eigenvalue weighted by molar-refractivity contribution is 0.450. The molecule has 1 aromatic rings. The van der Waals surface area contributed by atoms with E-state index in [-0.39, 0.29) is 5.03 Å². The lowest BCUT2D eigenvalue weighted by Gasteiger charge is -2.14. The number of nitrogens with zero attached hydrogens (tertiary/aromatic N) is 2. The highest BCUT2D eigenvalue weighted by Crippen LogP contribution is 2.30. The molecule has 0 aromatic carbocycles. The minimum Gasteiger partial charge on any atom is -0.332 e. The van der Waals surface area contributed by atoms with E-state index >= 15 is 0 Å². The Balaban J connectivity index is 2.16. The van der Waals surface area contributed by atoms with Crippen molar-refractivity contribution < 1.29 is 8.42 Å². The second-order valence-electron chi connectivity index (χ2n) is 4.28. The first-order valence-corrected chi connectivity index (χ1v) is 6.98. The maximum atomic E-state index is 12.1. The molecule has 0 unspecified atom stereocenters. The molecule has 0 aliphatic heterocycles. The highest BCUT2D eigenvalue weighted by atomic mass is 32.2. The van der Waals surface area contributed by atoms with Crippen molar-refractivity contribution in [2.24, 2.45) is 5.92 Å². The van der Waals surface area contributed by atoms with Gasteiger partial charge in [-0.3, -0.25) is 0 Å². The van der Waals surface area contributed by atoms with Crippen molar-refractivity contribution in [1.82, 2.24) is 14.3 Å². The van der Waals surface area contributed by atoms with Gasteiger partial charge < -0.3 is 4.98 Å². The number of aromatic amines is 1. The summed E-state index contributed by atoms with van der Waals surface area (Å²) in [5.41, 5.74) is 0. The molecule has 1 saturated carbocycles. The molecule has 6 heteroatoms. The number of imidazole rings is 1. The third-order valence-corrected chi connectivity index (χ3v) is 4.57. The molecule has 1 aliphatic rings. The van der Waals surface area contributed by atoms with Crippen LogP contribution in [-0.4, -0.2) is 36.3 Å². The molecular weight excluding hydrogens is 226 g/mol. The maximum absolute atomic E-state index is 12.1. The van der Waals surface area contributed by atoms with Crippen molar-refractivity contribution in [3.05, 3.63) is 12.0 Å². The van der Waals surface area contributed by atoms with Crippen molar-refractivity contribution in [3.63, 3.8) is 0 Å². The Morgan fingerprint density at radius 1 is 1.56 bits per heavy atom. The average Bonchev–Trinajstić information content (AvgIpc) is 2.93. The van der Waals surface area contributed by atoms with Crippen molar-refractivity contribution in [1.29, 1.82) is 0 Å². The summed E-state index contributed by atoms with van der Waals surface area (Å²) < 4.78 is 25.6. The first-order valence-electron chi connectivity index (χ1n) is 5.54. The van der Waals surface area contributed by atoms with Crippen LogP contribution in [-0.2, 0) is 16.4 Å². The van der Waals surface area contributed by atoms with Gasteiger partial charge in [-0.25, -0.2) is 13.4 Å². The fourth-order valence-electron chi connectivity index (χ4n) is 1.58. The SMILES string of the molecule is CCc1ncc(S(=O)(=O)N(C)CC2CC2)[nH]1. The minimum atomic E-state index is -3.37. The minimum absolute atomic E-state index is 0.201. The zero-order chi connectivity index (χ0) is 11.8. The van der Waals surface area contributed by atoms with Gasteiger partial charge in [0.2, 0.25) is 0 Å². The molecule has 1 aromatic heterocycles. The molecule has 1 N–H and O–H groups in total. The van der Waals surface area contributed by atoms with Gasteiger partial charge in [0.1, 0.15) is 5.82 Å². The van der Waals surface area contributed by atoms with Crippen LogP contribution in [0.3, 0.4) is 0 Å². The topological polar surface area (TPSA) is 66.1 Å². The maximum Gasteiger partial charge on any atom is 0.259 e. The molecule has 0 saturated heterocycles. The summed E-state index contributed by atoms with van der Waals surface area (Å²) >= 11 is 0. The number of hydrogen-bond donors (Lipinski definition) is 1. The van der Waals surface area contributed by atoms with Crippen molar-refractivity contribution in [2.45, 2.75) is 31.2 Å². The van der Waals surface area contributed by atoms with Crippen LogP contribution in [0.5, 0.6) is 0 Å². The summed E-state index contributed by atoms with van der Waals surface area (Å²) in [5, 5.41) is 0.201. The van der Waals surface area contributed by atoms with E-state index in [4.69, 9.17) is 0 Å². The van der Waals surface area contributed by atoms with E-state index < -0.39 is 10.0 Å². The van der Waals surface area contributed by atoms with Crippen molar-refractivity contribution in [2.75, 3.05) is 13.6 Å². The predicted octanol–water partition coefficient (Wildman–Crippen LogP) is 1.00. The normalized spacial score (nSPS) is 16.9. The van der Waals surface area contributed by atoms with E-state index in [1.807, 2.05) is 6.92 Å². The molecule has 1 fully saturated rings. The number of nitrogens with one attached hydrogen (secondary N) is 1. The second kappa shape index (κ2) is 4.18. The van der Waals surface area contributed by atoms with Gasteiger partial charge in [0.05, 0.1) is 6.20 Å². The highest BCUT2D eigenvalue weighted by Gasteiger charge is 2.30. The Kier molecular flexibility index (Phi) is 3.03. The first-order chi connectivity index (χ1) is 7.54. The molecule has 16 heavy (non-hydrogen) atoms. The molecule has 2 rings (SSSR count). The fraction of sp³-hybridized carbons (Fsp3) is 0.700. The largest absolute Gasteiger partial charge is 0.332 e. The smallest absolute Gasteiger partial charge is 0.259 e. The summed E-state index contributed by atoms with van der Waals surface area (Å²) in [6.45, 7) is 2.55. The third-order valence-electron chi connectivity index (χ3n) is 2.84. The monoisotopic (exact) mass is 243 g/mol. The lowest BCUT2D eigenvalue weighted by Crippen LogP contribution is -2.29. The van der Waals surface area contributed by atoms with E-state index in [1.54, 1.807) is 7.05 Å².